The van der Waals surface area contributed by atoms with Gasteiger partial charge in [-0.1, -0.05) is 67.0 Å². The predicted molar refractivity (Wildman–Crippen MR) is 144 cm³/mol. The highest BCUT2D eigenvalue weighted by Crippen LogP contribution is 2.44. The van der Waals surface area contributed by atoms with E-state index in [-0.39, 0.29) is 22.8 Å². The molecule has 0 radical (unpaired) electrons. The van der Waals surface area contributed by atoms with E-state index >= 15 is 0 Å². The second-order valence-electron chi connectivity index (χ2n) is 10.1. The van der Waals surface area contributed by atoms with Crippen molar-refractivity contribution in [2.24, 2.45) is 5.73 Å². The van der Waals surface area contributed by atoms with Gasteiger partial charge in [-0.15, -0.1) is 0 Å². The zero-order valence-electron chi connectivity index (χ0n) is 20.9. The summed E-state index contributed by atoms with van der Waals surface area (Å²) in [7, 11) is 0. The summed E-state index contributed by atoms with van der Waals surface area (Å²) in [5, 5.41) is 10.7. The van der Waals surface area contributed by atoms with Crippen LogP contribution in [0.15, 0.2) is 81.0 Å². The molecular weight excluding hydrogens is 532 g/mol. The van der Waals surface area contributed by atoms with Gasteiger partial charge in [-0.25, -0.2) is 4.79 Å². The van der Waals surface area contributed by atoms with Crippen LogP contribution in [-0.4, -0.2) is 5.97 Å². The van der Waals surface area contributed by atoms with Gasteiger partial charge in [0, 0.05) is 27.1 Å². The molecule has 1 aromatic heterocycles. The maximum Gasteiger partial charge on any atom is 0.379 e. The molecule has 2 heterocycles. The number of hydrogen-bond acceptors (Lipinski definition) is 6. The fraction of sp³-hybridized carbons (Fsp3) is 0.200. The number of nitriles is 1. The van der Waals surface area contributed by atoms with E-state index in [1.165, 1.54) is 5.56 Å². The molecule has 37 heavy (non-hydrogen) atoms. The van der Waals surface area contributed by atoms with E-state index in [4.69, 9.17) is 19.6 Å². The van der Waals surface area contributed by atoms with E-state index < -0.39 is 11.9 Å². The van der Waals surface area contributed by atoms with Crippen molar-refractivity contribution < 1.29 is 18.7 Å². The first kappa shape index (κ1) is 24.7. The van der Waals surface area contributed by atoms with Gasteiger partial charge in [0.05, 0.1) is 5.92 Å². The number of ether oxygens (including phenoxy) is 2. The van der Waals surface area contributed by atoms with Crippen LogP contribution < -0.4 is 15.2 Å². The van der Waals surface area contributed by atoms with Gasteiger partial charge in [0.15, 0.2) is 0 Å². The third-order valence-electron chi connectivity index (χ3n) is 6.59. The molecule has 0 saturated carbocycles. The number of furan rings is 1. The Balaban J connectivity index is 1.48. The summed E-state index contributed by atoms with van der Waals surface area (Å²) in [5.41, 5.74) is 10.7. The Morgan fingerprint density at radius 2 is 1.81 bits per heavy atom. The number of aryl methyl sites for hydroxylation is 1. The van der Waals surface area contributed by atoms with E-state index in [0.717, 1.165) is 21.0 Å². The first-order valence-corrected chi connectivity index (χ1v) is 12.6. The molecule has 7 heteroatoms. The van der Waals surface area contributed by atoms with Crippen molar-refractivity contribution >= 4 is 32.9 Å². The summed E-state index contributed by atoms with van der Waals surface area (Å²) in [6.07, 6.45) is 0. The number of fused-ring (bicyclic) bond motifs is 2. The van der Waals surface area contributed by atoms with Crippen LogP contribution in [0.2, 0.25) is 0 Å². The van der Waals surface area contributed by atoms with Crippen molar-refractivity contribution in [3.05, 3.63) is 105 Å². The van der Waals surface area contributed by atoms with Crippen LogP contribution in [0.25, 0.3) is 11.0 Å². The molecule has 1 aliphatic heterocycles. The highest BCUT2D eigenvalue weighted by Gasteiger charge is 2.31. The van der Waals surface area contributed by atoms with Crippen molar-refractivity contribution in [2.75, 3.05) is 0 Å². The molecule has 5 rings (SSSR count). The SMILES string of the molecule is Cc1c(C(=O)Oc2ccc3c(c2)OC(N)=C(C#N)C3c2ccc(C(C)(C)C)cc2)oc2ccc(Br)cc12. The third kappa shape index (κ3) is 4.49. The van der Waals surface area contributed by atoms with Crippen LogP contribution in [0.1, 0.15) is 59.5 Å². The second kappa shape index (κ2) is 9.13. The molecule has 2 N–H and O–H groups in total. The highest BCUT2D eigenvalue weighted by molar-refractivity contribution is 9.10. The topological polar surface area (TPSA) is 98.5 Å². The minimum atomic E-state index is -0.615. The normalized spacial score (nSPS) is 15.2. The number of nitrogens with two attached hydrogens (primary N) is 1. The van der Waals surface area contributed by atoms with E-state index in [2.05, 4.69) is 54.9 Å². The number of esters is 1. The largest absolute Gasteiger partial charge is 0.449 e. The van der Waals surface area contributed by atoms with Gasteiger partial charge in [-0.3, -0.25) is 0 Å². The summed E-state index contributed by atoms with van der Waals surface area (Å²) in [4.78, 5) is 13.0. The lowest BCUT2D eigenvalue weighted by molar-refractivity contribution is 0.0702. The molecule has 3 aromatic carbocycles. The number of rotatable bonds is 3. The summed E-state index contributed by atoms with van der Waals surface area (Å²) in [5.74, 6) is -0.145. The summed E-state index contributed by atoms with van der Waals surface area (Å²) >= 11 is 3.44. The number of carbonyl (C=O) groups is 1. The summed E-state index contributed by atoms with van der Waals surface area (Å²) in [6.45, 7) is 8.27. The van der Waals surface area contributed by atoms with Gasteiger partial charge in [-0.2, -0.15) is 5.26 Å². The van der Waals surface area contributed by atoms with E-state index in [9.17, 15) is 10.1 Å². The predicted octanol–water partition coefficient (Wildman–Crippen LogP) is 7.24. The molecule has 1 aliphatic rings. The first-order valence-electron chi connectivity index (χ1n) is 11.8. The number of halogens is 1. The first-order chi connectivity index (χ1) is 17.6. The molecule has 1 atom stereocenters. The third-order valence-corrected chi connectivity index (χ3v) is 7.09. The fourth-order valence-electron chi connectivity index (χ4n) is 4.56. The average molecular weight is 557 g/mol. The zero-order valence-corrected chi connectivity index (χ0v) is 22.5. The molecule has 0 bridgehead atoms. The number of nitrogens with zero attached hydrogens (tertiary/aromatic N) is 1. The van der Waals surface area contributed by atoms with Crippen molar-refractivity contribution in [1.82, 2.24) is 0 Å². The van der Waals surface area contributed by atoms with Crippen molar-refractivity contribution in [3.63, 3.8) is 0 Å². The minimum Gasteiger partial charge on any atom is -0.449 e. The molecule has 0 saturated heterocycles. The molecule has 186 valence electrons. The lowest BCUT2D eigenvalue weighted by atomic mass is 9.81. The average Bonchev–Trinajstić information content (AvgIpc) is 3.18. The number of hydrogen-bond donors (Lipinski definition) is 1. The van der Waals surface area contributed by atoms with Crippen molar-refractivity contribution in [1.29, 1.82) is 5.26 Å². The zero-order chi connectivity index (χ0) is 26.5. The van der Waals surface area contributed by atoms with Crippen LogP contribution in [0.5, 0.6) is 11.5 Å². The van der Waals surface area contributed by atoms with Gasteiger partial charge < -0.3 is 19.6 Å². The molecule has 0 aliphatic carbocycles. The fourth-order valence-corrected chi connectivity index (χ4v) is 4.92. The molecular formula is C30H25BrN2O4. The maximum atomic E-state index is 13.0. The van der Waals surface area contributed by atoms with Crippen LogP contribution in [0.3, 0.4) is 0 Å². The summed E-state index contributed by atoms with van der Waals surface area (Å²) in [6, 6.07) is 21.0. The molecule has 0 amide bonds. The Morgan fingerprint density at radius 3 is 2.49 bits per heavy atom. The number of benzene rings is 3. The monoisotopic (exact) mass is 556 g/mol. The second-order valence-corrected chi connectivity index (χ2v) is 11.0. The van der Waals surface area contributed by atoms with Crippen LogP contribution in [0, 0.1) is 18.3 Å². The Labute approximate surface area is 223 Å². The van der Waals surface area contributed by atoms with Crippen molar-refractivity contribution in [3.8, 4) is 17.6 Å². The quantitative estimate of drug-likeness (QED) is 0.211. The molecule has 1 unspecified atom stereocenters. The van der Waals surface area contributed by atoms with Gasteiger partial charge >= 0.3 is 5.97 Å². The lowest BCUT2D eigenvalue weighted by Crippen LogP contribution is -2.21. The smallest absolute Gasteiger partial charge is 0.379 e. The Bertz CT molecular complexity index is 1620. The Morgan fingerprint density at radius 1 is 1.08 bits per heavy atom. The Kier molecular flexibility index (Phi) is 6.09. The van der Waals surface area contributed by atoms with E-state index in [1.807, 2.05) is 31.2 Å². The highest BCUT2D eigenvalue weighted by atomic mass is 79.9. The summed E-state index contributed by atoms with van der Waals surface area (Å²) < 4.78 is 18.1. The maximum absolute atomic E-state index is 13.0. The van der Waals surface area contributed by atoms with E-state index in [1.54, 1.807) is 24.3 Å². The molecule has 6 nitrogen and oxygen atoms in total. The van der Waals surface area contributed by atoms with Crippen LogP contribution in [-0.2, 0) is 5.41 Å². The van der Waals surface area contributed by atoms with Crippen LogP contribution in [0.4, 0.5) is 0 Å². The standard InChI is InChI=1S/C30H25BrN2O4/c1-16-22-13-19(31)9-12-24(22)36-27(16)29(34)35-20-10-11-21-25(14-20)37-28(33)23(15-32)26(21)17-5-7-18(8-6-17)30(2,3)4/h5-14,26H,33H2,1-4H3. The lowest BCUT2D eigenvalue weighted by Gasteiger charge is -2.27. The van der Waals surface area contributed by atoms with Gasteiger partial charge in [-0.05, 0) is 47.7 Å². The number of carbonyl (C=O) groups excluding carboxylic acids is 1. The number of allylic oxidation sites excluding steroid dienone is 1. The van der Waals surface area contributed by atoms with Crippen LogP contribution >= 0.6 is 15.9 Å². The molecule has 0 spiro atoms. The van der Waals surface area contributed by atoms with Crippen molar-refractivity contribution in [2.45, 2.75) is 39.0 Å². The van der Waals surface area contributed by atoms with E-state index in [0.29, 0.717) is 22.5 Å². The van der Waals surface area contributed by atoms with Gasteiger partial charge in [0.2, 0.25) is 11.6 Å². The van der Waals surface area contributed by atoms with Gasteiger partial charge in [0.25, 0.3) is 0 Å². The minimum absolute atomic E-state index is 0.00646. The Hall–Kier alpha value is -4.02. The molecule has 4 aromatic rings. The molecule has 0 fully saturated rings. The van der Waals surface area contributed by atoms with Gasteiger partial charge in [0.1, 0.15) is 28.7 Å².